The maximum atomic E-state index is 8.81. The molecule has 0 aliphatic carbocycles. The van der Waals surface area contributed by atoms with E-state index >= 15 is 0 Å². The van der Waals surface area contributed by atoms with Gasteiger partial charge in [0.05, 0.1) is 0 Å². The zero-order valence-electron chi connectivity index (χ0n) is 10.3. The summed E-state index contributed by atoms with van der Waals surface area (Å²) in [6.45, 7) is 8.46. The lowest BCUT2D eigenvalue weighted by molar-refractivity contribution is 0.545. The van der Waals surface area contributed by atoms with Crippen LogP contribution in [-0.4, -0.2) is 18.1 Å². The zero-order chi connectivity index (χ0) is 12.0. The Morgan fingerprint density at radius 3 is 2.75 bits per heavy atom. The molecule has 86 valence electrons. The van der Waals surface area contributed by atoms with Crippen LogP contribution in [0.15, 0.2) is 18.2 Å². The fraction of sp³-hybridized carbons (Fsp3) is 0.538. The Bertz CT molecular complexity index is 368. The molecule has 0 aliphatic rings. The third-order valence-electron chi connectivity index (χ3n) is 2.78. The van der Waals surface area contributed by atoms with Gasteiger partial charge in [0.15, 0.2) is 0 Å². The molecule has 1 atom stereocenters. The molecule has 0 bridgehead atoms. The highest BCUT2D eigenvalue weighted by molar-refractivity contribution is 5.41. The quantitative estimate of drug-likeness (QED) is 0.761. The van der Waals surface area contributed by atoms with Gasteiger partial charge in [-0.25, -0.2) is 4.98 Å². The van der Waals surface area contributed by atoms with Gasteiger partial charge in [0.1, 0.15) is 17.6 Å². The molecule has 0 saturated heterocycles. The summed E-state index contributed by atoms with van der Waals surface area (Å²) in [6, 6.07) is 7.67. The maximum absolute atomic E-state index is 8.81. The van der Waals surface area contributed by atoms with Crippen molar-refractivity contribution in [1.82, 2.24) is 4.98 Å². The van der Waals surface area contributed by atoms with Gasteiger partial charge < -0.3 is 4.90 Å². The molecular weight excluding hydrogens is 198 g/mol. The summed E-state index contributed by atoms with van der Waals surface area (Å²) < 4.78 is 0. The van der Waals surface area contributed by atoms with Crippen LogP contribution in [0.25, 0.3) is 0 Å². The van der Waals surface area contributed by atoms with E-state index in [1.807, 2.05) is 12.1 Å². The Hall–Kier alpha value is -1.56. The van der Waals surface area contributed by atoms with E-state index in [4.69, 9.17) is 5.26 Å². The van der Waals surface area contributed by atoms with Crippen LogP contribution < -0.4 is 4.90 Å². The number of anilines is 1. The highest BCUT2D eigenvalue weighted by Crippen LogP contribution is 2.14. The van der Waals surface area contributed by atoms with Gasteiger partial charge >= 0.3 is 0 Å². The second-order valence-electron chi connectivity index (χ2n) is 4.04. The van der Waals surface area contributed by atoms with Gasteiger partial charge in [0, 0.05) is 13.1 Å². The molecule has 0 saturated carbocycles. The molecule has 0 fully saturated rings. The second-order valence-corrected chi connectivity index (χ2v) is 4.04. The third-order valence-corrected chi connectivity index (χ3v) is 2.78. The van der Waals surface area contributed by atoms with Gasteiger partial charge in [-0.1, -0.05) is 26.3 Å². The molecule has 1 rings (SSSR count). The number of nitriles is 1. The van der Waals surface area contributed by atoms with Gasteiger partial charge in [-0.05, 0) is 25.0 Å². The van der Waals surface area contributed by atoms with Crippen LogP contribution in [0, 0.1) is 17.2 Å². The van der Waals surface area contributed by atoms with Crippen LogP contribution >= 0.6 is 0 Å². The first-order chi connectivity index (χ1) is 7.71. The second kappa shape index (κ2) is 6.12. The van der Waals surface area contributed by atoms with Crippen molar-refractivity contribution in [3.63, 3.8) is 0 Å². The first-order valence-corrected chi connectivity index (χ1v) is 5.83. The molecule has 3 heteroatoms. The lowest BCUT2D eigenvalue weighted by Gasteiger charge is -2.25. The Balaban J connectivity index is 2.82. The lowest BCUT2D eigenvalue weighted by atomic mass is 10.1. The van der Waals surface area contributed by atoms with E-state index in [1.165, 1.54) is 0 Å². The van der Waals surface area contributed by atoms with Crippen LogP contribution in [0.1, 0.15) is 32.9 Å². The molecule has 1 aromatic rings. The van der Waals surface area contributed by atoms with Crippen LogP contribution in [0.2, 0.25) is 0 Å². The van der Waals surface area contributed by atoms with Crippen molar-refractivity contribution in [1.29, 1.82) is 5.26 Å². The molecular formula is C13H19N3. The highest BCUT2D eigenvalue weighted by Gasteiger charge is 2.09. The van der Waals surface area contributed by atoms with Crippen molar-refractivity contribution in [3.05, 3.63) is 23.9 Å². The number of aromatic nitrogens is 1. The monoisotopic (exact) mass is 217 g/mol. The number of nitrogens with zero attached hydrogens (tertiary/aromatic N) is 3. The maximum Gasteiger partial charge on any atom is 0.142 e. The smallest absolute Gasteiger partial charge is 0.142 e. The number of hydrogen-bond acceptors (Lipinski definition) is 3. The fourth-order valence-electron chi connectivity index (χ4n) is 1.55. The number of rotatable bonds is 5. The molecule has 0 spiro atoms. The summed E-state index contributed by atoms with van der Waals surface area (Å²) in [5.41, 5.74) is 0.486. The molecule has 16 heavy (non-hydrogen) atoms. The van der Waals surface area contributed by atoms with E-state index in [-0.39, 0.29) is 0 Å². The minimum absolute atomic E-state index is 0.486. The Morgan fingerprint density at radius 2 is 2.19 bits per heavy atom. The molecule has 0 aromatic carbocycles. The van der Waals surface area contributed by atoms with Crippen molar-refractivity contribution in [3.8, 4) is 6.07 Å². The molecule has 0 amide bonds. The van der Waals surface area contributed by atoms with Gasteiger partial charge in [0.2, 0.25) is 0 Å². The summed E-state index contributed by atoms with van der Waals surface area (Å²) in [7, 11) is 0. The topological polar surface area (TPSA) is 39.9 Å². The Kier molecular flexibility index (Phi) is 4.78. The summed E-state index contributed by atoms with van der Waals surface area (Å²) in [4.78, 5) is 6.53. The molecule has 0 N–H and O–H groups in total. The third kappa shape index (κ3) is 3.23. The first kappa shape index (κ1) is 12.5. The predicted molar refractivity (Wildman–Crippen MR) is 66.3 cm³/mol. The highest BCUT2D eigenvalue weighted by atomic mass is 15.2. The van der Waals surface area contributed by atoms with E-state index in [0.29, 0.717) is 11.6 Å². The van der Waals surface area contributed by atoms with E-state index in [0.717, 1.165) is 25.3 Å². The first-order valence-electron chi connectivity index (χ1n) is 5.83. The molecule has 3 nitrogen and oxygen atoms in total. The Labute approximate surface area is 97.7 Å². The number of hydrogen-bond donors (Lipinski definition) is 0. The standard InChI is InChI=1S/C13H19N3/c1-4-11(3)10-16(5-2)13-8-6-7-12(9-14)15-13/h6-8,11H,4-5,10H2,1-3H3. The van der Waals surface area contributed by atoms with E-state index in [2.05, 4.69) is 36.7 Å². The molecule has 1 heterocycles. The average molecular weight is 217 g/mol. The van der Waals surface area contributed by atoms with Crippen LogP contribution in [-0.2, 0) is 0 Å². The van der Waals surface area contributed by atoms with Crippen LogP contribution in [0.4, 0.5) is 5.82 Å². The Morgan fingerprint density at radius 1 is 1.44 bits per heavy atom. The van der Waals surface area contributed by atoms with Crippen molar-refractivity contribution < 1.29 is 0 Å². The van der Waals surface area contributed by atoms with Crippen molar-refractivity contribution in [2.75, 3.05) is 18.0 Å². The van der Waals surface area contributed by atoms with E-state index in [9.17, 15) is 0 Å². The van der Waals surface area contributed by atoms with E-state index in [1.54, 1.807) is 6.07 Å². The molecule has 1 aromatic heterocycles. The van der Waals surface area contributed by atoms with Gasteiger partial charge in [-0.3, -0.25) is 0 Å². The minimum Gasteiger partial charge on any atom is -0.357 e. The molecule has 0 radical (unpaired) electrons. The normalized spacial score (nSPS) is 11.9. The molecule has 1 unspecified atom stereocenters. The molecule has 0 aliphatic heterocycles. The fourth-order valence-corrected chi connectivity index (χ4v) is 1.55. The minimum atomic E-state index is 0.486. The van der Waals surface area contributed by atoms with Crippen molar-refractivity contribution in [2.24, 2.45) is 5.92 Å². The number of pyridine rings is 1. The van der Waals surface area contributed by atoms with Gasteiger partial charge in [-0.15, -0.1) is 0 Å². The SMILES string of the molecule is CCC(C)CN(CC)c1cccc(C#N)n1. The zero-order valence-corrected chi connectivity index (χ0v) is 10.3. The van der Waals surface area contributed by atoms with Crippen molar-refractivity contribution in [2.45, 2.75) is 27.2 Å². The van der Waals surface area contributed by atoms with Crippen LogP contribution in [0.5, 0.6) is 0 Å². The largest absolute Gasteiger partial charge is 0.357 e. The lowest BCUT2D eigenvalue weighted by Crippen LogP contribution is -2.28. The van der Waals surface area contributed by atoms with Crippen LogP contribution in [0.3, 0.4) is 0 Å². The summed E-state index contributed by atoms with van der Waals surface area (Å²) in [6.07, 6.45) is 1.16. The van der Waals surface area contributed by atoms with Crippen molar-refractivity contribution >= 4 is 5.82 Å². The average Bonchev–Trinajstić information content (AvgIpc) is 2.35. The van der Waals surface area contributed by atoms with Gasteiger partial charge in [0.25, 0.3) is 0 Å². The predicted octanol–water partition coefficient (Wildman–Crippen LogP) is 2.83. The summed E-state index contributed by atoms with van der Waals surface area (Å²) >= 11 is 0. The van der Waals surface area contributed by atoms with E-state index < -0.39 is 0 Å². The summed E-state index contributed by atoms with van der Waals surface area (Å²) in [5, 5.41) is 8.81. The summed E-state index contributed by atoms with van der Waals surface area (Å²) in [5.74, 6) is 1.55. The van der Waals surface area contributed by atoms with Gasteiger partial charge in [-0.2, -0.15) is 5.26 Å².